The van der Waals surface area contributed by atoms with Gasteiger partial charge in [-0.15, -0.1) is 0 Å². The summed E-state index contributed by atoms with van der Waals surface area (Å²) in [7, 11) is 0. The molecule has 0 saturated heterocycles. The van der Waals surface area contributed by atoms with Crippen LogP contribution < -0.4 is 0 Å². The van der Waals surface area contributed by atoms with Crippen LogP contribution in [0.1, 0.15) is 70.6 Å². The average molecular weight is 845 g/mol. The Morgan fingerprint density at radius 3 is 0.951 bits per heavy atom. The highest BCUT2D eigenvalue weighted by molar-refractivity contribution is 6.22. The van der Waals surface area contributed by atoms with Gasteiger partial charge in [0.1, 0.15) is 0 Å². The van der Waals surface area contributed by atoms with Gasteiger partial charge in [0.25, 0.3) is 0 Å². The van der Waals surface area contributed by atoms with Crippen LogP contribution in [0.2, 0.25) is 0 Å². The molecule has 1 atom stereocenters. The number of nitrogens with zero attached hydrogens (tertiary/aromatic N) is 4. The second-order valence-corrected chi connectivity index (χ2v) is 13.9. The monoisotopic (exact) mass is 844 g/mol. The molecular formula is C40H36N4O17. The number of aliphatic carboxylic acids is 8. The van der Waals surface area contributed by atoms with Crippen LogP contribution in [0.4, 0.5) is 0 Å². The van der Waals surface area contributed by atoms with Crippen molar-refractivity contribution in [2.24, 2.45) is 20.0 Å². The highest BCUT2D eigenvalue weighted by Crippen LogP contribution is 2.41. The zero-order valence-corrected chi connectivity index (χ0v) is 31.7. The molecule has 0 aliphatic carbocycles. The second kappa shape index (κ2) is 18.5. The van der Waals surface area contributed by atoms with E-state index in [1.165, 1.54) is 18.2 Å². The predicted molar refractivity (Wildman–Crippen MR) is 208 cm³/mol. The third-order valence-electron chi connectivity index (χ3n) is 9.70. The number of carboxylic acid groups (broad SMARTS) is 8. The Kier molecular flexibility index (Phi) is 13.5. The fourth-order valence-electron chi connectivity index (χ4n) is 7.29. The van der Waals surface area contributed by atoms with Crippen molar-refractivity contribution in [3.63, 3.8) is 0 Å². The third-order valence-corrected chi connectivity index (χ3v) is 9.70. The van der Waals surface area contributed by atoms with E-state index in [9.17, 15) is 84.3 Å². The van der Waals surface area contributed by atoms with Gasteiger partial charge in [0.15, 0.2) is 0 Å². The summed E-state index contributed by atoms with van der Waals surface area (Å²) in [4.78, 5) is 115. The molecule has 0 aromatic rings. The first-order chi connectivity index (χ1) is 28.7. The minimum absolute atomic E-state index is 0.0228. The number of hydrogen-bond donors (Lipinski definition) is 9. The van der Waals surface area contributed by atoms with E-state index in [4.69, 9.17) is 0 Å². The van der Waals surface area contributed by atoms with Crippen LogP contribution in [0.3, 0.4) is 0 Å². The minimum Gasteiger partial charge on any atom is -0.481 e. The van der Waals surface area contributed by atoms with Gasteiger partial charge in [-0.05, 0) is 82.6 Å². The quantitative estimate of drug-likeness (QED) is 0.0850. The number of rotatable bonds is 20. The minimum atomic E-state index is -1.94. The summed E-state index contributed by atoms with van der Waals surface area (Å²) < 4.78 is 0. The molecule has 0 aromatic heterocycles. The van der Waals surface area contributed by atoms with Crippen molar-refractivity contribution < 1.29 is 84.3 Å². The maximum absolute atomic E-state index is 12.3. The molecule has 0 spiro atoms. The molecule has 0 saturated carbocycles. The molecule has 5 aliphatic rings. The van der Waals surface area contributed by atoms with Gasteiger partial charge in [-0.3, -0.25) is 38.4 Å². The number of carbonyl (C=O) groups is 8. The lowest BCUT2D eigenvalue weighted by Gasteiger charge is -2.14. The van der Waals surface area contributed by atoms with Crippen molar-refractivity contribution in [1.29, 1.82) is 0 Å². The lowest BCUT2D eigenvalue weighted by atomic mass is 9.91. The molecule has 0 radical (unpaired) electrons. The van der Waals surface area contributed by atoms with Gasteiger partial charge in [-0.2, -0.15) is 0 Å². The molecule has 0 unspecified atom stereocenters. The number of hydrogen-bond acceptors (Lipinski definition) is 13. The van der Waals surface area contributed by atoms with Crippen LogP contribution in [0.15, 0.2) is 112 Å². The summed E-state index contributed by atoms with van der Waals surface area (Å²) >= 11 is 0. The first-order valence-electron chi connectivity index (χ1n) is 18.3. The van der Waals surface area contributed by atoms with Crippen molar-refractivity contribution in [3.05, 3.63) is 91.7 Å². The van der Waals surface area contributed by atoms with Gasteiger partial charge in [-0.1, -0.05) is 0 Å². The molecule has 21 nitrogen and oxygen atoms in total. The number of aliphatic hydroxyl groups is 1. The van der Waals surface area contributed by atoms with Crippen molar-refractivity contribution >= 4 is 70.6 Å². The summed E-state index contributed by atoms with van der Waals surface area (Å²) in [5, 5.41) is 89.8. The molecule has 5 heterocycles. The Labute approximate surface area is 342 Å². The predicted octanol–water partition coefficient (Wildman–Crippen LogP) is 2.87. The number of fused-ring (bicyclic) bond motifs is 4. The molecule has 5 aliphatic heterocycles. The van der Waals surface area contributed by atoms with Crippen LogP contribution >= 0.6 is 0 Å². The zero-order valence-electron chi connectivity index (χ0n) is 31.7. The summed E-state index contributed by atoms with van der Waals surface area (Å²) in [6, 6.07) is 0. The Bertz CT molecular complexity index is 2460. The molecule has 0 amide bonds. The number of aliphatic imine (C=N–C) groups is 4. The van der Waals surface area contributed by atoms with E-state index < -0.39 is 105 Å². The van der Waals surface area contributed by atoms with Gasteiger partial charge in [0.2, 0.25) is 0 Å². The second-order valence-electron chi connectivity index (χ2n) is 13.9. The van der Waals surface area contributed by atoms with E-state index in [0.29, 0.717) is 0 Å². The first-order valence-corrected chi connectivity index (χ1v) is 18.3. The summed E-state index contributed by atoms with van der Waals surface area (Å²) in [5.41, 5.74) is -1.82. The number of carboxylic acids is 8. The fraction of sp³-hybridized carbons (Fsp3) is 0.300. The molecular weight excluding hydrogens is 808 g/mol. The normalized spacial score (nSPS) is 17.5. The molecule has 61 heavy (non-hydrogen) atoms. The summed E-state index contributed by atoms with van der Waals surface area (Å²) in [5.74, 6) is -11.0. The van der Waals surface area contributed by atoms with Crippen LogP contribution in [0.25, 0.3) is 0 Å². The van der Waals surface area contributed by atoms with Crippen molar-refractivity contribution in [3.8, 4) is 0 Å². The molecule has 5 rings (SSSR count). The third kappa shape index (κ3) is 10.7. The van der Waals surface area contributed by atoms with Crippen molar-refractivity contribution in [2.45, 2.75) is 76.7 Å². The van der Waals surface area contributed by atoms with E-state index in [-0.39, 0.29) is 109 Å². The Balaban J connectivity index is 1.97. The molecule has 9 N–H and O–H groups in total. The summed E-state index contributed by atoms with van der Waals surface area (Å²) in [6.45, 7) is 0. The smallest absolute Gasteiger partial charge is 0.307 e. The first kappa shape index (κ1) is 44.4. The fourth-order valence-corrected chi connectivity index (χ4v) is 7.29. The Morgan fingerprint density at radius 1 is 0.377 bits per heavy atom. The van der Waals surface area contributed by atoms with Gasteiger partial charge in [-0.25, -0.2) is 20.0 Å². The van der Waals surface area contributed by atoms with Crippen LogP contribution in [-0.4, -0.2) is 123 Å². The van der Waals surface area contributed by atoms with Crippen LogP contribution in [0, 0.1) is 0 Å². The largest absolute Gasteiger partial charge is 0.481 e. The highest BCUT2D eigenvalue weighted by atomic mass is 16.4. The van der Waals surface area contributed by atoms with Crippen LogP contribution in [0.5, 0.6) is 0 Å². The SMILES string of the molecule is O=C(O)CCC1=C(CC(=O)O)C2=NC1=CC1=NC(=CC3=NC(=CC4=NC(=C2)C(CCC(=O)O)=C4CC(=O)O)C([C@H](O)CC(=O)O)=C3CC(=O)O)C(CCC(=O)O)=C1CC(=O)O. The molecule has 0 fully saturated rings. The van der Waals surface area contributed by atoms with E-state index in [0.717, 1.165) is 6.08 Å². The summed E-state index contributed by atoms with van der Waals surface area (Å²) in [6.07, 6.45) is -3.93. The Morgan fingerprint density at radius 2 is 0.656 bits per heavy atom. The standard InChI is InChI=1S/C40H36N4O17/c45-31(15-39(60)61)40-22(10-38(58)59)29-13-25-17(2-5-33(48)49)20(8-36(54)55)27(42-25)11-23-16(1-4-32(46)47)19(7-35(52)53)26(41-23)12-24-18(3-6-34(50)51)21(9-37(56)57)28(43-24)14-30(40)44-29/h11-14,31,45H,1-10,15H2,(H,46,47)(H,48,49)(H,50,51)(H,52,53)(H,54,55)(H,56,57)(H,58,59)(H,60,61)/t31-/m1/s1. The number of allylic oxidation sites excluding steroid dienone is 7. The van der Waals surface area contributed by atoms with E-state index >= 15 is 0 Å². The van der Waals surface area contributed by atoms with Crippen LogP contribution in [-0.2, 0) is 38.4 Å². The molecule has 318 valence electrons. The van der Waals surface area contributed by atoms with Crippen molar-refractivity contribution in [2.75, 3.05) is 0 Å². The van der Waals surface area contributed by atoms with E-state index in [2.05, 4.69) is 20.0 Å². The van der Waals surface area contributed by atoms with Gasteiger partial charge in [0, 0.05) is 24.8 Å². The molecule has 8 bridgehead atoms. The van der Waals surface area contributed by atoms with E-state index in [1.54, 1.807) is 0 Å². The lowest BCUT2D eigenvalue weighted by Crippen LogP contribution is -2.19. The topological polar surface area (TPSA) is 368 Å². The molecule has 0 aromatic carbocycles. The molecule has 21 heteroatoms. The van der Waals surface area contributed by atoms with E-state index in [1.807, 2.05) is 0 Å². The highest BCUT2D eigenvalue weighted by Gasteiger charge is 2.36. The number of aliphatic hydroxyl groups excluding tert-OH is 1. The van der Waals surface area contributed by atoms with Gasteiger partial charge < -0.3 is 46.0 Å². The van der Waals surface area contributed by atoms with Gasteiger partial charge >= 0.3 is 47.8 Å². The average Bonchev–Trinajstić information content (AvgIpc) is 3.82. The Hall–Kier alpha value is -7.68. The maximum atomic E-state index is 12.3. The van der Waals surface area contributed by atoms with Crippen molar-refractivity contribution in [1.82, 2.24) is 0 Å². The lowest BCUT2D eigenvalue weighted by molar-refractivity contribution is -0.139. The van der Waals surface area contributed by atoms with Gasteiger partial charge in [0.05, 0.1) is 83.8 Å². The maximum Gasteiger partial charge on any atom is 0.307 e. The zero-order chi connectivity index (χ0) is 44.9.